The molecule has 0 saturated heterocycles. The molecule has 1 rings (SSSR count). The fourth-order valence-corrected chi connectivity index (χ4v) is 2.11. The van der Waals surface area contributed by atoms with Gasteiger partial charge in [-0.2, -0.15) is 0 Å². The van der Waals surface area contributed by atoms with Gasteiger partial charge in [-0.1, -0.05) is 12.5 Å². The first kappa shape index (κ1) is 16.8. The van der Waals surface area contributed by atoms with E-state index in [0.29, 0.717) is 11.4 Å². The van der Waals surface area contributed by atoms with Crippen molar-refractivity contribution in [2.45, 2.75) is 39.2 Å². The van der Waals surface area contributed by atoms with Crippen LogP contribution in [-0.4, -0.2) is 36.4 Å². The number of hydrogen-bond acceptors (Lipinski definition) is 2. The third-order valence-electron chi connectivity index (χ3n) is 2.93. The van der Waals surface area contributed by atoms with E-state index < -0.39 is 0 Å². The lowest BCUT2D eigenvalue weighted by Gasteiger charge is -2.18. The van der Waals surface area contributed by atoms with Gasteiger partial charge in [-0.15, -0.1) is 11.6 Å². The summed E-state index contributed by atoms with van der Waals surface area (Å²) in [4.78, 5) is 14.0. The Kier molecular flexibility index (Phi) is 7.45. The zero-order valence-electron chi connectivity index (χ0n) is 12.6. The third kappa shape index (κ3) is 5.83. The van der Waals surface area contributed by atoms with Crippen molar-refractivity contribution >= 4 is 17.5 Å². The van der Waals surface area contributed by atoms with Crippen molar-refractivity contribution in [3.8, 4) is 5.75 Å². The molecule has 0 aromatic heterocycles. The molecule has 0 heterocycles. The van der Waals surface area contributed by atoms with Crippen molar-refractivity contribution in [2.75, 3.05) is 19.5 Å². The van der Waals surface area contributed by atoms with Gasteiger partial charge in [-0.25, -0.2) is 0 Å². The highest BCUT2D eigenvalue weighted by molar-refractivity contribution is 6.17. The number of unbranched alkanes of at least 4 members (excludes halogenated alkanes) is 2. The van der Waals surface area contributed by atoms with Crippen LogP contribution in [0.2, 0.25) is 0 Å². The highest BCUT2D eigenvalue weighted by Gasteiger charge is 2.12. The normalized spacial score (nSPS) is 10.7. The molecular weight excluding hydrogens is 274 g/mol. The number of carbonyl (C=O) groups is 1. The maximum atomic E-state index is 12.3. The fourth-order valence-electron chi connectivity index (χ4n) is 1.92. The molecule has 0 N–H and O–H groups in total. The van der Waals surface area contributed by atoms with E-state index in [-0.39, 0.29) is 12.0 Å². The van der Waals surface area contributed by atoms with Crippen LogP contribution in [0.1, 0.15) is 43.5 Å². The molecule has 112 valence electrons. The maximum Gasteiger partial charge on any atom is 0.253 e. The SMILES string of the molecule is CC(C)Oc1cccc(C(=O)N(C)CCCCCCl)c1. The number of carbonyl (C=O) groups excluding carboxylic acids is 1. The van der Waals surface area contributed by atoms with E-state index in [2.05, 4.69) is 0 Å². The molecule has 0 saturated carbocycles. The number of alkyl halides is 1. The van der Waals surface area contributed by atoms with Crippen molar-refractivity contribution in [3.05, 3.63) is 29.8 Å². The Hall–Kier alpha value is -1.22. The average molecular weight is 298 g/mol. The number of ether oxygens (including phenoxy) is 1. The highest BCUT2D eigenvalue weighted by Crippen LogP contribution is 2.16. The molecule has 1 aromatic carbocycles. The van der Waals surface area contributed by atoms with E-state index >= 15 is 0 Å². The topological polar surface area (TPSA) is 29.5 Å². The lowest BCUT2D eigenvalue weighted by molar-refractivity contribution is 0.0792. The van der Waals surface area contributed by atoms with Gasteiger partial charge in [0.25, 0.3) is 5.91 Å². The summed E-state index contributed by atoms with van der Waals surface area (Å²) < 4.78 is 5.61. The number of amides is 1. The number of rotatable bonds is 8. The second-order valence-electron chi connectivity index (χ2n) is 5.17. The van der Waals surface area contributed by atoms with E-state index in [9.17, 15) is 4.79 Å². The van der Waals surface area contributed by atoms with Crippen molar-refractivity contribution in [3.63, 3.8) is 0 Å². The Morgan fingerprint density at radius 3 is 2.70 bits per heavy atom. The third-order valence-corrected chi connectivity index (χ3v) is 3.19. The van der Waals surface area contributed by atoms with E-state index in [1.807, 2.05) is 39.1 Å². The Morgan fingerprint density at radius 1 is 1.30 bits per heavy atom. The van der Waals surface area contributed by atoms with E-state index in [4.69, 9.17) is 16.3 Å². The molecule has 1 amide bonds. The van der Waals surface area contributed by atoms with Gasteiger partial charge >= 0.3 is 0 Å². The second-order valence-corrected chi connectivity index (χ2v) is 5.55. The molecule has 0 aliphatic carbocycles. The largest absolute Gasteiger partial charge is 0.491 e. The van der Waals surface area contributed by atoms with E-state index in [0.717, 1.165) is 31.6 Å². The van der Waals surface area contributed by atoms with Gasteiger partial charge in [0.1, 0.15) is 5.75 Å². The van der Waals surface area contributed by atoms with Gasteiger partial charge < -0.3 is 9.64 Å². The average Bonchev–Trinajstić information content (AvgIpc) is 2.42. The van der Waals surface area contributed by atoms with Crippen molar-refractivity contribution in [1.82, 2.24) is 4.90 Å². The summed E-state index contributed by atoms with van der Waals surface area (Å²) >= 11 is 5.64. The fraction of sp³-hybridized carbons (Fsp3) is 0.562. The minimum Gasteiger partial charge on any atom is -0.491 e. The number of hydrogen-bond donors (Lipinski definition) is 0. The van der Waals surface area contributed by atoms with Crippen LogP contribution in [0.4, 0.5) is 0 Å². The van der Waals surface area contributed by atoms with Crippen LogP contribution in [0.25, 0.3) is 0 Å². The van der Waals surface area contributed by atoms with Gasteiger partial charge in [-0.05, 0) is 44.9 Å². The molecule has 4 heteroatoms. The van der Waals surface area contributed by atoms with Gasteiger partial charge in [0, 0.05) is 25.0 Å². The van der Waals surface area contributed by atoms with Crippen LogP contribution in [0.3, 0.4) is 0 Å². The summed E-state index contributed by atoms with van der Waals surface area (Å²) in [7, 11) is 1.83. The number of halogens is 1. The van der Waals surface area contributed by atoms with Crippen molar-refractivity contribution in [1.29, 1.82) is 0 Å². The van der Waals surface area contributed by atoms with Crippen LogP contribution >= 0.6 is 11.6 Å². The van der Waals surface area contributed by atoms with Gasteiger partial charge in [0.15, 0.2) is 0 Å². The van der Waals surface area contributed by atoms with Gasteiger partial charge in [-0.3, -0.25) is 4.79 Å². The summed E-state index contributed by atoms with van der Waals surface area (Å²) in [6.07, 6.45) is 3.14. The van der Waals surface area contributed by atoms with Crippen LogP contribution in [0.15, 0.2) is 24.3 Å². The number of nitrogens with zero attached hydrogens (tertiary/aromatic N) is 1. The van der Waals surface area contributed by atoms with Crippen LogP contribution < -0.4 is 4.74 Å². The maximum absolute atomic E-state index is 12.3. The molecule has 0 atom stereocenters. The molecule has 0 aliphatic rings. The smallest absolute Gasteiger partial charge is 0.253 e. The Bertz CT molecular complexity index is 421. The summed E-state index contributed by atoms with van der Waals surface area (Å²) in [5.74, 6) is 1.46. The lowest BCUT2D eigenvalue weighted by Crippen LogP contribution is -2.27. The van der Waals surface area contributed by atoms with E-state index in [1.165, 1.54) is 0 Å². The number of benzene rings is 1. The first-order valence-corrected chi connectivity index (χ1v) is 7.66. The summed E-state index contributed by atoms with van der Waals surface area (Å²) in [6.45, 7) is 4.69. The zero-order valence-corrected chi connectivity index (χ0v) is 13.3. The molecule has 0 aliphatic heterocycles. The molecule has 1 aromatic rings. The van der Waals surface area contributed by atoms with E-state index in [1.54, 1.807) is 11.0 Å². The monoisotopic (exact) mass is 297 g/mol. The summed E-state index contributed by atoms with van der Waals surface area (Å²) in [5, 5.41) is 0. The predicted octanol–water partition coefficient (Wildman–Crippen LogP) is 3.95. The summed E-state index contributed by atoms with van der Waals surface area (Å²) in [6, 6.07) is 7.35. The molecule has 20 heavy (non-hydrogen) atoms. The Balaban J connectivity index is 2.57. The van der Waals surface area contributed by atoms with Crippen LogP contribution in [-0.2, 0) is 0 Å². The first-order chi connectivity index (χ1) is 9.54. The predicted molar refractivity (Wildman–Crippen MR) is 83.7 cm³/mol. The van der Waals surface area contributed by atoms with Crippen molar-refractivity contribution < 1.29 is 9.53 Å². The first-order valence-electron chi connectivity index (χ1n) is 7.12. The molecule has 0 bridgehead atoms. The van der Waals surface area contributed by atoms with Crippen molar-refractivity contribution in [2.24, 2.45) is 0 Å². The molecular formula is C16H24ClNO2. The Morgan fingerprint density at radius 2 is 2.05 bits per heavy atom. The summed E-state index contributed by atoms with van der Waals surface area (Å²) in [5.41, 5.74) is 0.669. The second kappa shape index (κ2) is 8.85. The highest BCUT2D eigenvalue weighted by atomic mass is 35.5. The van der Waals surface area contributed by atoms with Crippen LogP contribution in [0, 0.1) is 0 Å². The Labute approximate surface area is 126 Å². The minimum atomic E-state index is 0.0325. The molecule has 3 nitrogen and oxygen atoms in total. The standard InChI is InChI=1S/C16H24ClNO2/c1-13(2)20-15-9-7-8-14(12-15)16(19)18(3)11-6-4-5-10-17/h7-9,12-13H,4-6,10-11H2,1-3H3. The molecule has 0 spiro atoms. The zero-order chi connectivity index (χ0) is 15.0. The minimum absolute atomic E-state index is 0.0325. The van der Waals surface area contributed by atoms with Gasteiger partial charge in [0.2, 0.25) is 0 Å². The van der Waals surface area contributed by atoms with Gasteiger partial charge in [0.05, 0.1) is 6.10 Å². The van der Waals surface area contributed by atoms with Crippen LogP contribution in [0.5, 0.6) is 5.75 Å². The molecule has 0 unspecified atom stereocenters. The molecule has 0 radical (unpaired) electrons. The molecule has 0 fully saturated rings. The quantitative estimate of drug-likeness (QED) is 0.537. The lowest BCUT2D eigenvalue weighted by atomic mass is 10.1.